The molecule has 13 heavy (non-hydrogen) atoms. The van der Waals surface area contributed by atoms with E-state index in [1.54, 1.807) is 0 Å². The molecule has 3 rings (SSSR count). The molecule has 2 heterocycles. The zero-order chi connectivity index (χ0) is 8.89. The van der Waals surface area contributed by atoms with Gasteiger partial charge in [-0.15, -0.1) is 0 Å². The maximum absolute atomic E-state index is 11.4. The predicted octanol–water partition coefficient (Wildman–Crippen LogP) is 0.834. The Morgan fingerprint density at radius 2 is 2.23 bits per heavy atom. The van der Waals surface area contributed by atoms with Crippen LogP contribution in [0.3, 0.4) is 0 Å². The fourth-order valence-corrected chi connectivity index (χ4v) is 2.90. The van der Waals surface area contributed by atoms with Crippen LogP contribution in [0.15, 0.2) is 0 Å². The van der Waals surface area contributed by atoms with Crippen molar-refractivity contribution in [3.8, 4) is 0 Å². The summed E-state index contributed by atoms with van der Waals surface area (Å²) in [5.41, 5.74) is 0.00894. The second-order valence-corrected chi connectivity index (χ2v) is 4.51. The van der Waals surface area contributed by atoms with Gasteiger partial charge in [0.2, 0.25) is 5.91 Å². The molecule has 1 spiro atoms. The summed E-state index contributed by atoms with van der Waals surface area (Å²) in [7, 11) is 0. The Bertz CT molecular complexity index is 241. The fourth-order valence-electron chi connectivity index (χ4n) is 2.90. The van der Waals surface area contributed by atoms with Crippen LogP contribution in [-0.4, -0.2) is 24.7 Å². The summed E-state index contributed by atoms with van der Waals surface area (Å²) >= 11 is 0. The maximum atomic E-state index is 11.4. The molecule has 3 aliphatic rings. The summed E-state index contributed by atoms with van der Waals surface area (Å²) < 4.78 is 5.62. The maximum Gasteiger partial charge on any atom is 0.228 e. The predicted molar refractivity (Wildman–Crippen MR) is 47.2 cm³/mol. The molecule has 1 N–H and O–H groups in total. The highest BCUT2D eigenvalue weighted by atomic mass is 16.5. The average Bonchev–Trinajstić information content (AvgIpc) is 2.48. The van der Waals surface area contributed by atoms with E-state index in [2.05, 4.69) is 5.32 Å². The topological polar surface area (TPSA) is 38.3 Å². The number of rotatable bonds is 1. The normalized spacial score (nSPS) is 41.1. The first kappa shape index (κ1) is 7.80. The van der Waals surface area contributed by atoms with E-state index in [0.29, 0.717) is 12.1 Å². The Labute approximate surface area is 77.8 Å². The molecule has 1 aliphatic carbocycles. The minimum atomic E-state index is 0.00894. The van der Waals surface area contributed by atoms with Gasteiger partial charge in [-0.1, -0.05) is 6.42 Å². The van der Waals surface area contributed by atoms with Gasteiger partial charge in [-0.05, 0) is 25.7 Å². The number of amides is 1. The second-order valence-electron chi connectivity index (χ2n) is 4.51. The summed E-state index contributed by atoms with van der Waals surface area (Å²) in [4.78, 5) is 11.4. The average molecular weight is 181 g/mol. The van der Waals surface area contributed by atoms with Gasteiger partial charge in [0, 0.05) is 6.61 Å². The summed E-state index contributed by atoms with van der Waals surface area (Å²) in [6, 6.07) is 0.344. The Morgan fingerprint density at radius 1 is 1.38 bits per heavy atom. The van der Waals surface area contributed by atoms with E-state index in [1.165, 1.54) is 6.42 Å². The molecule has 0 aromatic heterocycles. The van der Waals surface area contributed by atoms with Crippen LogP contribution in [0.1, 0.15) is 32.1 Å². The second kappa shape index (κ2) is 2.47. The van der Waals surface area contributed by atoms with Crippen LogP contribution in [0.4, 0.5) is 0 Å². The number of carbonyl (C=O) groups excluding carboxylic acids is 1. The van der Waals surface area contributed by atoms with Crippen molar-refractivity contribution in [3.05, 3.63) is 0 Å². The first-order valence-electron chi connectivity index (χ1n) is 5.25. The van der Waals surface area contributed by atoms with Gasteiger partial charge < -0.3 is 10.1 Å². The van der Waals surface area contributed by atoms with Crippen molar-refractivity contribution in [2.45, 2.75) is 44.2 Å². The van der Waals surface area contributed by atoms with Crippen LogP contribution in [0, 0.1) is 5.41 Å². The molecule has 2 saturated heterocycles. The molecule has 1 saturated carbocycles. The van der Waals surface area contributed by atoms with Crippen LogP contribution in [0.5, 0.6) is 0 Å². The van der Waals surface area contributed by atoms with Crippen LogP contribution < -0.4 is 5.32 Å². The Hall–Kier alpha value is -0.570. The molecule has 3 fully saturated rings. The molecule has 3 nitrogen and oxygen atoms in total. The van der Waals surface area contributed by atoms with E-state index in [9.17, 15) is 4.79 Å². The van der Waals surface area contributed by atoms with Crippen molar-refractivity contribution in [1.29, 1.82) is 0 Å². The van der Waals surface area contributed by atoms with E-state index in [0.717, 1.165) is 32.3 Å². The fraction of sp³-hybridized carbons (Fsp3) is 0.900. The van der Waals surface area contributed by atoms with Gasteiger partial charge in [-0.25, -0.2) is 0 Å². The number of hydrogen-bond donors (Lipinski definition) is 1. The van der Waals surface area contributed by atoms with E-state index >= 15 is 0 Å². The molecule has 0 radical (unpaired) electrons. The van der Waals surface area contributed by atoms with Crippen molar-refractivity contribution in [3.63, 3.8) is 0 Å². The van der Waals surface area contributed by atoms with Crippen LogP contribution >= 0.6 is 0 Å². The van der Waals surface area contributed by atoms with E-state index in [4.69, 9.17) is 4.74 Å². The van der Waals surface area contributed by atoms with Crippen molar-refractivity contribution in [1.82, 2.24) is 5.32 Å². The molecule has 0 aromatic carbocycles. The van der Waals surface area contributed by atoms with Gasteiger partial charge in [-0.2, -0.15) is 0 Å². The summed E-state index contributed by atoms with van der Waals surface area (Å²) in [5, 5.41) is 3.01. The minimum Gasteiger partial charge on any atom is -0.376 e. The lowest BCUT2D eigenvalue weighted by Crippen LogP contribution is -2.73. The highest BCUT2D eigenvalue weighted by molar-refractivity contribution is 5.91. The molecule has 0 aromatic rings. The SMILES string of the molecule is O=C1N[C@H]([C@H]2CCCO2)C12CCC2. The Balaban J connectivity index is 1.75. The molecular formula is C10H15NO2. The van der Waals surface area contributed by atoms with E-state index < -0.39 is 0 Å². The third-order valence-corrected chi connectivity index (χ3v) is 3.92. The third kappa shape index (κ3) is 0.857. The zero-order valence-corrected chi connectivity index (χ0v) is 7.71. The van der Waals surface area contributed by atoms with E-state index in [-0.39, 0.29) is 11.3 Å². The van der Waals surface area contributed by atoms with Crippen molar-refractivity contribution in [2.24, 2.45) is 5.41 Å². The molecule has 72 valence electrons. The first-order chi connectivity index (χ1) is 6.33. The van der Waals surface area contributed by atoms with Gasteiger partial charge >= 0.3 is 0 Å². The molecule has 0 unspecified atom stereocenters. The van der Waals surface area contributed by atoms with E-state index in [1.807, 2.05) is 0 Å². The number of hydrogen-bond acceptors (Lipinski definition) is 2. The van der Waals surface area contributed by atoms with Crippen LogP contribution in [0.2, 0.25) is 0 Å². The first-order valence-corrected chi connectivity index (χ1v) is 5.25. The minimum absolute atomic E-state index is 0.00894. The standard InChI is InChI=1S/C10H15NO2/c12-9-10(4-2-5-10)8(11-9)7-3-1-6-13-7/h7-8H,1-6H2,(H,11,12)/t7-,8-/m1/s1. The van der Waals surface area contributed by atoms with Crippen molar-refractivity contribution >= 4 is 5.91 Å². The monoisotopic (exact) mass is 181 g/mol. The third-order valence-electron chi connectivity index (χ3n) is 3.92. The zero-order valence-electron chi connectivity index (χ0n) is 7.71. The molecular weight excluding hydrogens is 166 g/mol. The number of ether oxygens (including phenoxy) is 1. The molecule has 3 heteroatoms. The Kier molecular flexibility index (Phi) is 1.48. The number of nitrogens with one attached hydrogen (secondary N) is 1. The molecule has 2 aliphatic heterocycles. The quantitative estimate of drug-likeness (QED) is 0.609. The molecule has 0 bridgehead atoms. The van der Waals surface area contributed by atoms with Gasteiger partial charge in [0.1, 0.15) is 0 Å². The van der Waals surface area contributed by atoms with Crippen molar-refractivity contribution < 1.29 is 9.53 Å². The van der Waals surface area contributed by atoms with Crippen LogP contribution in [-0.2, 0) is 9.53 Å². The van der Waals surface area contributed by atoms with Crippen LogP contribution in [0.25, 0.3) is 0 Å². The Morgan fingerprint density at radius 3 is 2.69 bits per heavy atom. The highest BCUT2D eigenvalue weighted by Crippen LogP contribution is 2.51. The van der Waals surface area contributed by atoms with Gasteiger partial charge in [0.05, 0.1) is 17.6 Å². The lowest BCUT2D eigenvalue weighted by molar-refractivity contribution is -0.163. The lowest BCUT2D eigenvalue weighted by Gasteiger charge is -2.56. The lowest BCUT2D eigenvalue weighted by atomic mass is 9.57. The van der Waals surface area contributed by atoms with Gasteiger partial charge in [-0.3, -0.25) is 4.79 Å². The largest absolute Gasteiger partial charge is 0.376 e. The van der Waals surface area contributed by atoms with Gasteiger partial charge in [0.25, 0.3) is 0 Å². The molecule has 1 amide bonds. The van der Waals surface area contributed by atoms with Gasteiger partial charge in [0.15, 0.2) is 0 Å². The molecule has 2 atom stereocenters. The summed E-state index contributed by atoms with van der Waals surface area (Å²) in [6.07, 6.45) is 6.00. The summed E-state index contributed by atoms with van der Waals surface area (Å²) in [6.45, 7) is 0.882. The number of β-lactam (4-membered cyclic amide) rings is 1. The smallest absolute Gasteiger partial charge is 0.228 e. The van der Waals surface area contributed by atoms with Crippen molar-refractivity contribution in [2.75, 3.05) is 6.61 Å². The summed E-state index contributed by atoms with van der Waals surface area (Å²) in [5.74, 6) is 0.277. The number of carbonyl (C=O) groups is 1. The highest BCUT2D eigenvalue weighted by Gasteiger charge is 2.61.